The van der Waals surface area contributed by atoms with E-state index in [1.165, 1.54) is 11.3 Å². The van der Waals surface area contributed by atoms with E-state index in [-0.39, 0.29) is 11.3 Å². The minimum absolute atomic E-state index is 0.0134. The molecule has 3 aromatic rings. The Morgan fingerprint density at radius 3 is 2.97 bits per heavy atom. The van der Waals surface area contributed by atoms with Gasteiger partial charge >= 0.3 is 0 Å². The van der Waals surface area contributed by atoms with Gasteiger partial charge in [0.15, 0.2) is 0 Å². The number of allylic oxidation sites excluding steroid dienone is 4. The summed E-state index contributed by atoms with van der Waals surface area (Å²) in [4.78, 5) is 25.8. The zero-order chi connectivity index (χ0) is 20.9. The molecule has 0 bridgehead atoms. The van der Waals surface area contributed by atoms with E-state index in [2.05, 4.69) is 37.1 Å². The molecule has 2 aliphatic rings. The molecular formula is C24H24N4OS. The summed E-state index contributed by atoms with van der Waals surface area (Å²) in [6, 6.07) is 7.76. The molecule has 0 aromatic carbocycles. The number of carbonyl (C=O) groups is 1. The number of aromatic nitrogens is 2. The third-order valence-electron chi connectivity index (χ3n) is 6.36. The fourth-order valence-corrected chi connectivity index (χ4v) is 5.53. The van der Waals surface area contributed by atoms with Crippen LogP contribution >= 0.6 is 11.3 Å². The number of anilines is 1. The molecule has 1 amide bonds. The summed E-state index contributed by atoms with van der Waals surface area (Å²) in [6.45, 7) is 5.30. The number of rotatable bonds is 2. The molecular weight excluding hydrogens is 392 g/mol. The lowest BCUT2D eigenvalue weighted by Gasteiger charge is -2.46. The van der Waals surface area contributed by atoms with Crippen LogP contribution in [0.15, 0.2) is 60.6 Å². The second-order valence-electron chi connectivity index (χ2n) is 8.64. The predicted molar refractivity (Wildman–Crippen MR) is 122 cm³/mol. The van der Waals surface area contributed by atoms with Crippen molar-refractivity contribution in [2.45, 2.75) is 26.7 Å². The van der Waals surface area contributed by atoms with E-state index in [4.69, 9.17) is 10.7 Å². The molecule has 0 spiro atoms. The summed E-state index contributed by atoms with van der Waals surface area (Å²) >= 11 is 1.38. The van der Waals surface area contributed by atoms with E-state index < -0.39 is 0 Å². The summed E-state index contributed by atoms with van der Waals surface area (Å²) in [7, 11) is 0. The number of pyridine rings is 2. The highest BCUT2D eigenvalue weighted by Crippen LogP contribution is 2.46. The van der Waals surface area contributed by atoms with Gasteiger partial charge in [-0.2, -0.15) is 0 Å². The Morgan fingerprint density at radius 1 is 1.30 bits per heavy atom. The summed E-state index contributed by atoms with van der Waals surface area (Å²) < 4.78 is 0. The lowest BCUT2D eigenvalue weighted by Crippen LogP contribution is -2.45. The Bertz CT molecular complexity index is 1190. The van der Waals surface area contributed by atoms with Crippen LogP contribution in [0.2, 0.25) is 0 Å². The fraction of sp³-hybridized carbons (Fsp3) is 0.292. The summed E-state index contributed by atoms with van der Waals surface area (Å²) in [5, 5.41) is 0.836. The number of thiophene rings is 1. The molecule has 30 heavy (non-hydrogen) atoms. The van der Waals surface area contributed by atoms with Crippen LogP contribution in [0.4, 0.5) is 5.69 Å². The van der Waals surface area contributed by atoms with Crippen LogP contribution in [-0.2, 0) is 0 Å². The van der Waals surface area contributed by atoms with Gasteiger partial charge in [-0.05, 0) is 48.6 Å². The molecule has 4 heterocycles. The maximum Gasteiger partial charge on any atom is 0.270 e. The second kappa shape index (κ2) is 7.06. The number of hydrogen-bond donors (Lipinski definition) is 1. The van der Waals surface area contributed by atoms with Gasteiger partial charge in [0.1, 0.15) is 9.71 Å². The molecule has 0 radical (unpaired) electrons. The van der Waals surface area contributed by atoms with Crippen molar-refractivity contribution in [1.29, 1.82) is 0 Å². The summed E-state index contributed by atoms with van der Waals surface area (Å²) in [6.07, 6.45) is 11.8. The van der Waals surface area contributed by atoms with Crippen LogP contribution in [0.1, 0.15) is 36.4 Å². The molecule has 6 heteroatoms. The first-order valence-corrected chi connectivity index (χ1v) is 11.1. The molecule has 1 unspecified atom stereocenters. The van der Waals surface area contributed by atoms with Gasteiger partial charge < -0.3 is 10.6 Å². The van der Waals surface area contributed by atoms with E-state index in [1.807, 2.05) is 29.2 Å². The Kier molecular flexibility index (Phi) is 4.47. The summed E-state index contributed by atoms with van der Waals surface area (Å²) in [5.74, 6) is 0.339. The average Bonchev–Trinajstić information content (AvgIpc) is 3.10. The van der Waals surface area contributed by atoms with E-state index in [0.717, 1.165) is 40.0 Å². The molecule has 2 N–H and O–H groups in total. The number of nitrogens with zero attached hydrogens (tertiary/aromatic N) is 3. The van der Waals surface area contributed by atoms with E-state index in [0.29, 0.717) is 23.0 Å². The number of piperidine rings is 1. The van der Waals surface area contributed by atoms with E-state index in [1.54, 1.807) is 12.4 Å². The Balaban J connectivity index is 1.53. The van der Waals surface area contributed by atoms with Gasteiger partial charge in [-0.15, -0.1) is 11.3 Å². The molecule has 3 aromatic heterocycles. The molecule has 1 atom stereocenters. The fourth-order valence-electron chi connectivity index (χ4n) is 4.49. The van der Waals surface area contributed by atoms with Crippen LogP contribution in [-0.4, -0.2) is 27.3 Å². The Morgan fingerprint density at radius 2 is 2.17 bits per heavy atom. The molecule has 0 saturated carbocycles. The van der Waals surface area contributed by atoms with Gasteiger partial charge in [-0.25, -0.2) is 4.98 Å². The number of carbonyl (C=O) groups excluding carboxylic acids is 1. The minimum Gasteiger partial charge on any atom is -0.397 e. The molecule has 1 aliphatic heterocycles. The van der Waals surface area contributed by atoms with Crippen molar-refractivity contribution in [2.24, 2.45) is 11.3 Å². The van der Waals surface area contributed by atoms with Crippen molar-refractivity contribution in [3.05, 3.63) is 65.5 Å². The summed E-state index contributed by atoms with van der Waals surface area (Å²) in [5.41, 5.74) is 10.0. The SMILES string of the molecule is CC1(C)CCN(C(=O)c2sc3nc(-c4cccnc4)ccc3c2N)C2=CC=CCC21. The average molecular weight is 417 g/mol. The lowest BCUT2D eigenvalue weighted by molar-refractivity contribution is 0.0625. The predicted octanol–water partition coefficient (Wildman–Crippen LogP) is 5.27. The zero-order valence-corrected chi connectivity index (χ0v) is 17.9. The van der Waals surface area contributed by atoms with Crippen LogP contribution in [0.5, 0.6) is 0 Å². The third kappa shape index (κ3) is 3.03. The molecule has 1 aliphatic carbocycles. The topological polar surface area (TPSA) is 72.1 Å². The van der Waals surface area contributed by atoms with Crippen LogP contribution in [0.25, 0.3) is 21.5 Å². The zero-order valence-electron chi connectivity index (χ0n) is 17.1. The quantitative estimate of drug-likeness (QED) is 0.617. The third-order valence-corrected chi connectivity index (χ3v) is 7.46. The second-order valence-corrected chi connectivity index (χ2v) is 9.64. The van der Waals surface area contributed by atoms with Crippen molar-refractivity contribution in [3.63, 3.8) is 0 Å². The van der Waals surface area contributed by atoms with Crippen LogP contribution in [0, 0.1) is 11.3 Å². The van der Waals surface area contributed by atoms with Gasteiger partial charge in [0, 0.05) is 41.5 Å². The number of likely N-dealkylation sites (tertiary alicyclic amines) is 1. The van der Waals surface area contributed by atoms with Crippen molar-refractivity contribution in [3.8, 4) is 11.3 Å². The van der Waals surface area contributed by atoms with Crippen molar-refractivity contribution in [2.75, 3.05) is 12.3 Å². The molecule has 1 saturated heterocycles. The van der Waals surface area contributed by atoms with E-state index in [9.17, 15) is 4.79 Å². The molecule has 1 fully saturated rings. The Hall–Kier alpha value is -2.99. The number of hydrogen-bond acceptors (Lipinski definition) is 5. The molecule has 152 valence electrons. The van der Waals surface area contributed by atoms with Gasteiger partial charge in [0.05, 0.1) is 11.4 Å². The van der Waals surface area contributed by atoms with Gasteiger partial charge in [-0.3, -0.25) is 9.78 Å². The number of nitrogens with two attached hydrogens (primary N) is 1. The first-order valence-electron chi connectivity index (χ1n) is 10.2. The highest BCUT2D eigenvalue weighted by Gasteiger charge is 2.41. The maximum absolute atomic E-state index is 13.6. The van der Waals surface area contributed by atoms with Crippen LogP contribution in [0.3, 0.4) is 0 Å². The van der Waals surface area contributed by atoms with Gasteiger partial charge in [0.2, 0.25) is 0 Å². The normalized spacial score (nSPS) is 20.1. The van der Waals surface area contributed by atoms with Crippen molar-refractivity contribution < 1.29 is 4.79 Å². The minimum atomic E-state index is -0.0134. The van der Waals surface area contributed by atoms with E-state index >= 15 is 0 Å². The van der Waals surface area contributed by atoms with Crippen LogP contribution < -0.4 is 5.73 Å². The molecule has 5 rings (SSSR count). The lowest BCUT2D eigenvalue weighted by atomic mass is 9.69. The largest absolute Gasteiger partial charge is 0.397 e. The first kappa shape index (κ1) is 19.0. The van der Waals surface area contributed by atoms with Gasteiger partial charge in [-0.1, -0.05) is 26.0 Å². The first-order chi connectivity index (χ1) is 14.5. The number of amides is 1. The Labute approximate surface area is 179 Å². The smallest absolute Gasteiger partial charge is 0.270 e. The monoisotopic (exact) mass is 416 g/mol. The number of fused-ring (bicyclic) bond motifs is 2. The maximum atomic E-state index is 13.6. The molecule has 5 nitrogen and oxygen atoms in total. The van der Waals surface area contributed by atoms with Crippen molar-refractivity contribution in [1.82, 2.24) is 14.9 Å². The highest BCUT2D eigenvalue weighted by atomic mass is 32.1. The van der Waals surface area contributed by atoms with Crippen molar-refractivity contribution >= 4 is 33.1 Å². The standard InChI is InChI=1S/C24H24N4OS/c1-24(2)11-13-28(19-8-4-3-7-17(19)24)23(29)21-20(25)16-9-10-18(27-22(16)30-21)15-6-5-12-26-14-15/h3-6,8-10,12,14,17H,7,11,13,25H2,1-2H3. The van der Waals surface area contributed by atoms with Gasteiger partial charge in [0.25, 0.3) is 5.91 Å². The highest BCUT2D eigenvalue weighted by molar-refractivity contribution is 7.21. The number of nitrogen functional groups attached to an aromatic ring is 1.